The molecule has 7 heteroatoms. The van der Waals surface area contributed by atoms with Gasteiger partial charge in [0.25, 0.3) is 0 Å². The zero-order chi connectivity index (χ0) is 11.8. The largest absolute Gasteiger partial charge is 0.353 e. The van der Waals surface area contributed by atoms with Crippen LogP contribution in [0, 0.1) is 22.5 Å². The van der Waals surface area contributed by atoms with Crippen molar-refractivity contribution in [3.05, 3.63) is 22.5 Å². The number of nitro groups is 1. The number of nitrogens with one attached hydrogen (secondary N) is 1. The van der Waals surface area contributed by atoms with Crippen molar-refractivity contribution in [2.24, 2.45) is 0 Å². The minimum absolute atomic E-state index is 0.118. The Balaban J connectivity index is 2.33. The molecule has 0 unspecified atom stereocenters. The molecule has 1 N–H and O–H groups in total. The maximum absolute atomic E-state index is 10.3. The van der Waals surface area contributed by atoms with E-state index in [1.54, 1.807) is 11.8 Å². The van der Waals surface area contributed by atoms with E-state index in [-0.39, 0.29) is 5.69 Å². The zero-order valence-electron chi connectivity index (χ0n) is 8.42. The second-order valence-electron chi connectivity index (χ2n) is 2.71. The van der Waals surface area contributed by atoms with Gasteiger partial charge < -0.3 is 5.32 Å². The number of hydrogen-bond donors (Lipinski definition) is 1. The first-order chi connectivity index (χ1) is 7.74. The van der Waals surface area contributed by atoms with Crippen molar-refractivity contribution in [2.75, 3.05) is 23.4 Å². The van der Waals surface area contributed by atoms with E-state index in [0.29, 0.717) is 18.2 Å². The number of thioether (sulfide) groups is 1. The lowest BCUT2D eigenvalue weighted by Gasteiger charge is -2.02. The van der Waals surface area contributed by atoms with Gasteiger partial charge in [-0.15, -0.1) is 18.2 Å². The fourth-order valence-corrected chi connectivity index (χ4v) is 1.38. The van der Waals surface area contributed by atoms with Crippen LogP contribution in [0.2, 0.25) is 0 Å². The van der Waals surface area contributed by atoms with Gasteiger partial charge in [-0.05, 0) is 0 Å². The molecule has 1 rings (SSSR count). The first kappa shape index (κ1) is 12.3. The van der Waals surface area contributed by atoms with Crippen LogP contribution < -0.4 is 5.32 Å². The molecule has 0 atom stereocenters. The molecule has 6 nitrogen and oxygen atoms in total. The second kappa shape index (κ2) is 6.63. The van der Waals surface area contributed by atoms with Gasteiger partial charge in [-0.3, -0.25) is 10.1 Å². The molecule has 0 radical (unpaired) electrons. The van der Waals surface area contributed by atoms with E-state index in [4.69, 9.17) is 6.42 Å². The van der Waals surface area contributed by atoms with Gasteiger partial charge in [0.15, 0.2) is 0 Å². The predicted molar refractivity (Wildman–Crippen MR) is 63.3 cm³/mol. The van der Waals surface area contributed by atoms with Crippen LogP contribution in [0.25, 0.3) is 0 Å². The lowest BCUT2D eigenvalue weighted by atomic mass is 10.5. The third-order valence-corrected chi connectivity index (χ3v) is 2.43. The highest BCUT2D eigenvalue weighted by Crippen LogP contribution is 2.08. The Labute approximate surface area is 97.0 Å². The highest BCUT2D eigenvalue weighted by atomic mass is 32.2. The van der Waals surface area contributed by atoms with Crippen LogP contribution in [0.1, 0.15) is 0 Å². The van der Waals surface area contributed by atoms with Crippen molar-refractivity contribution in [3.63, 3.8) is 0 Å². The molecule has 16 heavy (non-hydrogen) atoms. The van der Waals surface area contributed by atoms with E-state index in [1.165, 1.54) is 12.4 Å². The Kier molecular flexibility index (Phi) is 5.08. The van der Waals surface area contributed by atoms with Gasteiger partial charge in [0.05, 0.1) is 10.7 Å². The summed E-state index contributed by atoms with van der Waals surface area (Å²) in [6.45, 7) is 0.671. The van der Waals surface area contributed by atoms with Crippen molar-refractivity contribution in [3.8, 4) is 12.3 Å². The SMILES string of the molecule is C#CCSCCNc1ncc([N+](=O)[O-])cn1. The molecule has 1 heterocycles. The van der Waals surface area contributed by atoms with Crippen LogP contribution in [-0.2, 0) is 0 Å². The van der Waals surface area contributed by atoms with Crippen LogP contribution in [0.3, 0.4) is 0 Å². The highest BCUT2D eigenvalue weighted by molar-refractivity contribution is 7.99. The summed E-state index contributed by atoms with van der Waals surface area (Å²) < 4.78 is 0. The summed E-state index contributed by atoms with van der Waals surface area (Å²) in [5.41, 5.74) is -0.118. The molecule has 0 fully saturated rings. The summed E-state index contributed by atoms with van der Waals surface area (Å²) in [4.78, 5) is 17.4. The monoisotopic (exact) mass is 238 g/mol. The van der Waals surface area contributed by atoms with Crippen molar-refractivity contribution >= 4 is 23.4 Å². The maximum Gasteiger partial charge on any atom is 0.305 e. The summed E-state index contributed by atoms with van der Waals surface area (Å²) in [5.74, 6) is 4.40. The lowest BCUT2D eigenvalue weighted by Crippen LogP contribution is -2.07. The van der Waals surface area contributed by atoms with E-state index in [1.807, 2.05) is 0 Å². The minimum Gasteiger partial charge on any atom is -0.353 e. The number of rotatable bonds is 6. The van der Waals surface area contributed by atoms with E-state index >= 15 is 0 Å². The molecular weight excluding hydrogens is 228 g/mol. The minimum atomic E-state index is -0.535. The van der Waals surface area contributed by atoms with Crippen LogP contribution in [0.4, 0.5) is 11.6 Å². The molecule has 0 aliphatic rings. The Bertz CT molecular complexity index is 387. The average molecular weight is 238 g/mol. The van der Waals surface area contributed by atoms with Gasteiger partial charge >= 0.3 is 5.69 Å². The molecule has 84 valence electrons. The number of hydrogen-bond acceptors (Lipinski definition) is 6. The van der Waals surface area contributed by atoms with Gasteiger partial charge in [-0.1, -0.05) is 5.92 Å². The third kappa shape index (κ3) is 4.14. The summed E-state index contributed by atoms with van der Waals surface area (Å²) >= 11 is 1.62. The topological polar surface area (TPSA) is 81.0 Å². The molecule has 0 saturated heterocycles. The standard InChI is InChI=1S/C9H10N4O2S/c1-2-4-16-5-3-10-9-11-6-8(7-12-9)13(14)15/h1,6-7H,3-5H2,(H,10,11,12). The Hall–Kier alpha value is -1.81. The molecule has 1 aromatic rings. The van der Waals surface area contributed by atoms with Gasteiger partial charge in [0.1, 0.15) is 12.4 Å². The van der Waals surface area contributed by atoms with E-state index in [9.17, 15) is 10.1 Å². The first-order valence-corrected chi connectivity index (χ1v) is 5.61. The molecule has 0 aliphatic carbocycles. The van der Waals surface area contributed by atoms with Gasteiger partial charge in [0, 0.05) is 12.3 Å². The molecular formula is C9H10N4O2S. The Morgan fingerprint density at radius 3 is 2.81 bits per heavy atom. The normalized spacial score (nSPS) is 9.44. The zero-order valence-corrected chi connectivity index (χ0v) is 9.24. The van der Waals surface area contributed by atoms with Gasteiger partial charge in [-0.2, -0.15) is 0 Å². The average Bonchev–Trinajstić information content (AvgIpc) is 2.29. The molecule has 1 aromatic heterocycles. The van der Waals surface area contributed by atoms with Crippen molar-refractivity contribution in [1.29, 1.82) is 0 Å². The molecule has 0 amide bonds. The molecule has 0 aliphatic heterocycles. The summed E-state index contributed by atoms with van der Waals surface area (Å²) in [6, 6.07) is 0. The van der Waals surface area contributed by atoms with E-state index in [0.717, 1.165) is 5.75 Å². The van der Waals surface area contributed by atoms with Crippen molar-refractivity contribution in [1.82, 2.24) is 9.97 Å². The smallest absolute Gasteiger partial charge is 0.305 e. The van der Waals surface area contributed by atoms with E-state index < -0.39 is 4.92 Å². The summed E-state index contributed by atoms with van der Waals surface area (Å²) in [7, 11) is 0. The number of anilines is 1. The third-order valence-electron chi connectivity index (χ3n) is 1.56. The Morgan fingerprint density at radius 2 is 2.25 bits per heavy atom. The van der Waals surface area contributed by atoms with Gasteiger partial charge in [-0.25, -0.2) is 9.97 Å². The Morgan fingerprint density at radius 1 is 1.56 bits per heavy atom. The fraction of sp³-hybridized carbons (Fsp3) is 0.333. The van der Waals surface area contributed by atoms with Gasteiger partial charge in [0.2, 0.25) is 5.95 Å². The molecule has 0 bridgehead atoms. The van der Waals surface area contributed by atoms with Crippen LogP contribution in [-0.4, -0.2) is 32.9 Å². The van der Waals surface area contributed by atoms with Crippen molar-refractivity contribution in [2.45, 2.75) is 0 Å². The quantitative estimate of drug-likeness (QED) is 0.347. The lowest BCUT2D eigenvalue weighted by molar-refractivity contribution is -0.385. The molecule has 0 spiro atoms. The van der Waals surface area contributed by atoms with Crippen LogP contribution in [0.15, 0.2) is 12.4 Å². The summed E-state index contributed by atoms with van der Waals surface area (Å²) in [6.07, 6.45) is 7.43. The van der Waals surface area contributed by atoms with Crippen LogP contribution in [0.5, 0.6) is 0 Å². The fourth-order valence-electron chi connectivity index (χ4n) is 0.873. The van der Waals surface area contributed by atoms with E-state index in [2.05, 4.69) is 21.2 Å². The second-order valence-corrected chi connectivity index (χ2v) is 3.81. The molecule has 0 aromatic carbocycles. The van der Waals surface area contributed by atoms with Crippen molar-refractivity contribution < 1.29 is 4.92 Å². The first-order valence-electron chi connectivity index (χ1n) is 4.45. The molecule has 0 saturated carbocycles. The van der Waals surface area contributed by atoms with Crippen LogP contribution >= 0.6 is 11.8 Å². The maximum atomic E-state index is 10.3. The predicted octanol–water partition coefficient (Wildman–Crippen LogP) is 1.16. The highest BCUT2D eigenvalue weighted by Gasteiger charge is 2.05. The number of aromatic nitrogens is 2. The number of nitrogens with zero attached hydrogens (tertiary/aromatic N) is 3. The summed E-state index contributed by atoms with van der Waals surface area (Å²) in [5, 5.41) is 13.3. The number of terminal acetylenes is 1.